The molecule has 0 radical (unpaired) electrons. The average Bonchev–Trinajstić information content (AvgIpc) is 3.09. The summed E-state index contributed by atoms with van der Waals surface area (Å²) in [4.78, 5) is 25.8. The summed E-state index contributed by atoms with van der Waals surface area (Å²) < 4.78 is 0. The highest BCUT2D eigenvalue weighted by Crippen LogP contribution is 2.33. The van der Waals surface area contributed by atoms with Crippen molar-refractivity contribution >= 4 is 39.0 Å². The summed E-state index contributed by atoms with van der Waals surface area (Å²) in [7, 11) is 0. The SMILES string of the molecule is Cc1ccc2c(N)c(C(=O)NC3CCc4cc(N5CCNCC5)ncc4C3)sc2n1. The van der Waals surface area contributed by atoms with Gasteiger partial charge in [-0.3, -0.25) is 4.79 Å². The van der Waals surface area contributed by atoms with Crippen LogP contribution < -0.4 is 21.3 Å². The number of pyridine rings is 2. The van der Waals surface area contributed by atoms with Gasteiger partial charge in [-0.05, 0) is 55.5 Å². The molecule has 3 aromatic heterocycles. The maximum Gasteiger partial charge on any atom is 0.263 e. The molecule has 0 spiro atoms. The Morgan fingerprint density at radius 3 is 2.97 bits per heavy atom. The van der Waals surface area contributed by atoms with Gasteiger partial charge in [0.05, 0.1) is 5.69 Å². The summed E-state index contributed by atoms with van der Waals surface area (Å²) in [5.74, 6) is 0.963. The molecule has 1 aliphatic heterocycles. The molecule has 1 amide bonds. The van der Waals surface area contributed by atoms with E-state index in [1.807, 2.05) is 25.3 Å². The summed E-state index contributed by atoms with van der Waals surface area (Å²) in [5.41, 5.74) is 10.3. The summed E-state index contributed by atoms with van der Waals surface area (Å²) in [5, 5.41) is 7.42. The van der Waals surface area contributed by atoms with E-state index in [0.717, 1.165) is 67.2 Å². The van der Waals surface area contributed by atoms with Crippen LogP contribution in [0.5, 0.6) is 0 Å². The number of anilines is 2. The molecule has 8 heteroatoms. The summed E-state index contributed by atoms with van der Waals surface area (Å²) in [6.07, 6.45) is 4.67. The number of carbonyl (C=O) groups is 1. The first-order chi connectivity index (χ1) is 14.6. The topological polar surface area (TPSA) is 96.2 Å². The average molecular weight is 423 g/mol. The number of hydrogen-bond acceptors (Lipinski definition) is 7. The van der Waals surface area contributed by atoms with Crippen LogP contribution in [0.2, 0.25) is 0 Å². The van der Waals surface area contributed by atoms with Crippen LogP contribution in [0, 0.1) is 6.92 Å². The van der Waals surface area contributed by atoms with Gasteiger partial charge < -0.3 is 21.3 Å². The van der Waals surface area contributed by atoms with Gasteiger partial charge in [-0.25, -0.2) is 9.97 Å². The zero-order chi connectivity index (χ0) is 20.7. The Bertz CT molecular complexity index is 1100. The minimum absolute atomic E-state index is 0.0937. The first-order valence-corrected chi connectivity index (χ1v) is 11.3. The second kappa shape index (κ2) is 7.85. The van der Waals surface area contributed by atoms with E-state index < -0.39 is 0 Å². The van der Waals surface area contributed by atoms with Crippen molar-refractivity contribution in [2.24, 2.45) is 0 Å². The Morgan fingerprint density at radius 2 is 2.13 bits per heavy atom. The smallest absolute Gasteiger partial charge is 0.263 e. The van der Waals surface area contributed by atoms with Crippen molar-refractivity contribution in [1.29, 1.82) is 0 Å². The van der Waals surface area contributed by atoms with Crippen LogP contribution in [0.25, 0.3) is 10.2 Å². The number of aryl methyl sites for hydroxylation is 2. The predicted octanol–water partition coefficient (Wildman–Crippen LogP) is 2.28. The Hall–Kier alpha value is -2.71. The molecule has 156 valence electrons. The predicted molar refractivity (Wildman–Crippen MR) is 121 cm³/mol. The molecule has 1 atom stereocenters. The van der Waals surface area contributed by atoms with Crippen molar-refractivity contribution in [3.63, 3.8) is 0 Å². The second-order valence-electron chi connectivity index (χ2n) is 8.11. The largest absolute Gasteiger partial charge is 0.397 e. The highest BCUT2D eigenvalue weighted by molar-refractivity contribution is 7.21. The third kappa shape index (κ3) is 3.61. The second-order valence-corrected chi connectivity index (χ2v) is 9.11. The molecule has 1 aliphatic carbocycles. The van der Waals surface area contributed by atoms with Gasteiger partial charge in [0.2, 0.25) is 0 Å². The molecule has 0 saturated carbocycles. The molecule has 2 aliphatic rings. The molecule has 1 fully saturated rings. The van der Waals surface area contributed by atoms with Gasteiger partial charge in [0.15, 0.2) is 0 Å². The third-order valence-corrected chi connectivity index (χ3v) is 7.13. The number of nitrogens with two attached hydrogens (primary N) is 1. The minimum Gasteiger partial charge on any atom is -0.397 e. The van der Waals surface area contributed by atoms with Crippen molar-refractivity contribution < 1.29 is 4.79 Å². The van der Waals surface area contributed by atoms with E-state index in [0.29, 0.717) is 10.6 Å². The fourth-order valence-corrected chi connectivity index (χ4v) is 5.37. The number of piperazine rings is 1. The van der Waals surface area contributed by atoms with E-state index in [9.17, 15) is 4.79 Å². The lowest BCUT2D eigenvalue weighted by molar-refractivity contribution is 0.0938. The zero-order valence-electron chi connectivity index (χ0n) is 17.1. The van der Waals surface area contributed by atoms with Crippen LogP contribution in [0.1, 0.15) is 32.9 Å². The number of nitrogens with zero attached hydrogens (tertiary/aromatic N) is 3. The molecule has 0 bridgehead atoms. The number of fused-ring (bicyclic) bond motifs is 2. The molecule has 7 nitrogen and oxygen atoms in total. The van der Waals surface area contributed by atoms with E-state index in [4.69, 9.17) is 10.7 Å². The molecule has 4 heterocycles. The monoisotopic (exact) mass is 422 g/mol. The normalized spacial score (nSPS) is 19.0. The molecular weight excluding hydrogens is 396 g/mol. The van der Waals surface area contributed by atoms with Gasteiger partial charge in [0, 0.05) is 49.5 Å². The first-order valence-electron chi connectivity index (χ1n) is 10.5. The van der Waals surface area contributed by atoms with Crippen molar-refractivity contribution in [2.45, 2.75) is 32.2 Å². The lowest BCUT2D eigenvalue weighted by atomic mass is 9.89. The van der Waals surface area contributed by atoms with Gasteiger partial charge in [-0.1, -0.05) is 0 Å². The van der Waals surface area contributed by atoms with E-state index in [2.05, 4.69) is 26.6 Å². The maximum absolute atomic E-state index is 12.9. The van der Waals surface area contributed by atoms with Crippen LogP contribution in [0.15, 0.2) is 24.4 Å². The number of nitrogen functional groups attached to an aromatic ring is 1. The Balaban J connectivity index is 1.29. The van der Waals surface area contributed by atoms with Gasteiger partial charge >= 0.3 is 0 Å². The number of carbonyl (C=O) groups excluding carboxylic acids is 1. The number of thiophene rings is 1. The van der Waals surface area contributed by atoms with Crippen molar-refractivity contribution in [1.82, 2.24) is 20.6 Å². The quantitative estimate of drug-likeness (QED) is 0.599. The fourth-order valence-electron chi connectivity index (χ4n) is 4.33. The van der Waals surface area contributed by atoms with E-state index >= 15 is 0 Å². The Morgan fingerprint density at radius 1 is 1.30 bits per heavy atom. The van der Waals surface area contributed by atoms with Crippen LogP contribution >= 0.6 is 11.3 Å². The first kappa shape index (κ1) is 19.3. The van der Waals surface area contributed by atoms with Crippen LogP contribution in [-0.4, -0.2) is 48.1 Å². The summed E-state index contributed by atoms with van der Waals surface area (Å²) >= 11 is 1.37. The van der Waals surface area contributed by atoms with E-state index in [1.54, 1.807) is 0 Å². The van der Waals surface area contributed by atoms with Crippen molar-refractivity contribution in [3.8, 4) is 0 Å². The van der Waals surface area contributed by atoms with Gasteiger partial charge in [0.1, 0.15) is 15.5 Å². The fraction of sp³-hybridized carbons (Fsp3) is 0.409. The van der Waals surface area contributed by atoms with Crippen molar-refractivity contribution in [2.75, 3.05) is 36.8 Å². The molecular formula is C22H26N6OS. The van der Waals surface area contributed by atoms with Gasteiger partial charge in [0.25, 0.3) is 5.91 Å². The maximum atomic E-state index is 12.9. The Kier molecular flexibility index (Phi) is 5.04. The molecule has 3 aromatic rings. The highest BCUT2D eigenvalue weighted by Gasteiger charge is 2.25. The molecule has 4 N–H and O–H groups in total. The molecule has 1 unspecified atom stereocenters. The molecule has 0 aromatic carbocycles. The zero-order valence-corrected chi connectivity index (χ0v) is 17.9. The van der Waals surface area contributed by atoms with Crippen molar-refractivity contribution in [3.05, 3.63) is 46.1 Å². The lowest BCUT2D eigenvalue weighted by Crippen LogP contribution is -2.44. The number of nitrogens with one attached hydrogen (secondary N) is 2. The molecule has 1 saturated heterocycles. The Labute approximate surface area is 179 Å². The third-order valence-electron chi connectivity index (χ3n) is 6.01. The highest BCUT2D eigenvalue weighted by atomic mass is 32.1. The summed E-state index contributed by atoms with van der Waals surface area (Å²) in [6.45, 7) is 5.94. The number of amides is 1. The van der Waals surface area contributed by atoms with Gasteiger partial charge in [-0.15, -0.1) is 11.3 Å². The van der Waals surface area contributed by atoms with E-state index in [-0.39, 0.29) is 11.9 Å². The number of hydrogen-bond donors (Lipinski definition) is 3. The van der Waals surface area contributed by atoms with Crippen LogP contribution in [-0.2, 0) is 12.8 Å². The van der Waals surface area contributed by atoms with Gasteiger partial charge in [-0.2, -0.15) is 0 Å². The number of aromatic nitrogens is 2. The van der Waals surface area contributed by atoms with Crippen LogP contribution in [0.4, 0.5) is 11.5 Å². The molecule has 30 heavy (non-hydrogen) atoms. The van der Waals surface area contributed by atoms with E-state index in [1.165, 1.54) is 22.5 Å². The standard InChI is InChI=1S/C22H26N6OS/c1-13-2-5-17-19(23)20(30-22(17)26-13)21(29)27-16-4-3-14-11-18(25-12-15(14)10-16)28-8-6-24-7-9-28/h2,5,11-12,16,24H,3-4,6-10,23H2,1H3,(H,27,29). The number of rotatable bonds is 3. The minimum atomic E-state index is -0.105. The molecule has 5 rings (SSSR count). The van der Waals surface area contributed by atoms with Crippen LogP contribution in [0.3, 0.4) is 0 Å². The summed E-state index contributed by atoms with van der Waals surface area (Å²) in [6, 6.07) is 6.19. The lowest BCUT2D eigenvalue weighted by Gasteiger charge is -2.30.